The van der Waals surface area contributed by atoms with Gasteiger partial charge in [-0.25, -0.2) is 9.79 Å². The molecule has 0 N–H and O–H groups in total. The number of hydrogen-bond donors (Lipinski definition) is 0. The zero-order chi connectivity index (χ0) is 25.7. The van der Waals surface area contributed by atoms with Crippen LogP contribution in [0, 0.1) is 12.3 Å². The second-order valence-corrected chi connectivity index (χ2v) is 8.84. The van der Waals surface area contributed by atoms with Crippen LogP contribution < -0.4 is 24.4 Å². The average molecular weight is 503 g/mol. The van der Waals surface area contributed by atoms with Gasteiger partial charge in [0.25, 0.3) is 5.56 Å². The highest BCUT2D eigenvalue weighted by molar-refractivity contribution is 7.07. The van der Waals surface area contributed by atoms with Crippen molar-refractivity contribution in [3.05, 3.63) is 90.6 Å². The number of terminal acetylenes is 1. The summed E-state index contributed by atoms with van der Waals surface area (Å²) in [7, 11) is 1.34. The largest absolute Gasteiger partial charge is 0.490 e. The Labute approximate surface area is 213 Å². The van der Waals surface area contributed by atoms with E-state index in [1.165, 1.54) is 18.4 Å². The summed E-state index contributed by atoms with van der Waals surface area (Å²) in [4.78, 5) is 31.8. The number of carbonyl (C=O) groups excluding carboxylic acids is 1. The zero-order valence-corrected chi connectivity index (χ0v) is 21.1. The zero-order valence-electron chi connectivity index (χ0n) is 20.3. The molecule has 36 heavy (non-hydrogen) atoms. The van der Waals surface area contributed by atoms with Crippen molar-refractivity contribution in [2.24, 2.45) is 4.99 Å². The fourth-order valence-electron chi connectivity index (χ4n) is 4.09. The highest BCUT2D eigenvalue weighted by Crippen LogP contribution is 2.32. The van der Waals surface area contributed by atoms with Gasteiger partial charge in [-0.05, 0) is 42.7 Å². The van der Waals surface area contributed by atoms with Gasteiger partial charge in [-0.1, -0.05) is 60.6 Å². The Morgan fingerprint density at radius 3 is 2.61 bits per heavy atom. The van der Waals surface area contributed by atoms with E-state index in [0.29, 0.717) is 45.1 Å². The molecule has 0 saturated carbocycles. The first-order chi connectivity index (χ1) is 17.5. The predicted molar refractivity (Wildman–Crippen MR) is 139 cm³/mol. The van der Waals surface area contributed by atoms with Crippen molar-refractivity contribution in [1.29, 1.82) is 0 Å². The number of benzene rings is 2. The SMILES string of the molecule is C#CCOc1ccc(/C=c2\sc3n(c2=O)[C@@H](c2ccccc2)C(C(=O)OC)=C(CC)N=3)cc1OCC. The van der Waals surface area contributed by atoms with Crippen molar-refractivity contribution in [3.8, 4) is 23.8 Å². The Morgan fingerprint density at radius 1 is 1.17 bits per heavy atom. The van der Waals surface area contributed by atoms with E-state index in [1.54, 1.807) is 22.8 Å². The quantitative estimate of drug-likeness (QED) is 0.349. The highest BCUT2D eigenvalue weighted by atomic mass is 32.1. The second-order valence-electron chi connectivity index (χ2n) is 7.83. The number of methoxy groups -OCH3 is 1. The normalized spacial score (nSPS) is 15.1. The first-order valence-corrected chi connectivity index (χ1v) is 12.3. The molecule has 2 aromatic carbocycles. The number of fused-ring (bicyclic) bond motifs is 1. The Bertz CT molecular complexity index is 1530. The van der Waals surface area contributed by atoms with Gasteiger partial charge >= 0.3 is 5.97 Å². The second kappa shape index (κ2) is 11.1. The third kappa shape index (κ3) is 4.83. The Hall–Kier alpha value is -4.09. The molecule has 1 aliphatic rings. The van der Waals surface area contributed by atoms with Gasteiger partial charge in [-0.3, -0.25) is 9.36 Å². The lowest BCUT2D eigenvalue weighted by Gasteiger charge is -2.25. The van der Waals surface area contributed by atoms with Gasteiger partial charge in [-0.15, -0.1) is 6.42 Å². The first-order valence-electron chi connectivity index (χ1n) is 11.5. The van der Waals surface area contributed by atoms with Crippen LogP contribution >= 0.6 is 11.3 Å². The van der Waals surface area contributed by atoms with E-state index in [1.807, 2.05) is 50.2 Å². The number of hydrogen-bond acceptors (Lipinski definition) is 7. The maximum Gasteiger partial charge on any atom is 0.338 e. The lowest BCUT2D eigenvalue weighted by molar-refractivity contribution is -0.136. The smallest absolute Gasteiger partial charge is 0.338 e. The predicted octanol–water partition coefficient (Wildman–Crippen LogP) is 3.21. The maximum absolute atomic E-state index is 13.7. The molecule has 0 amide bonds. The van der Waals surface area contributed by atoms with Crippen molar-refractivity contribution in [1.82, 2.24) is 4.57 Å². The molecule has 3 aromatic rings. The molecule has 7 nitrogen and oxygen atoms in total. The number of carbonyl (C=O) groups is 1. The number of nitrogens with zero attached hydrogens (tertiary/aromatic N) is 2. The lowest BCUT2D eigenvalue weighted by Crippen LogP contribution is -2.40. The minimum Gasteiger partial charge on any atom is -0.490 e. The maximum atomic E-state index is 13.7. The van der Waals surface area contributed by atoms with Crippen molar-refractivity contribution in [3.63, 3.8) is 0 Å². The number of allylic oxidation sites excluding steroid dienone is 1. The lowest BCUT2D eigenvalue weighted by atomic mass is 9.95. The Kier molecular flexibility index (Phi) is 7.71. The van der Waals surface area contributed by atoms with E-state index in [9.17, 15) is 9.59 Å². The van der Waals surface area contributed by atoms with E-state index in [0.717, 1.165) is 11.1 Å². The van der Waals surface area contributed by atoms with Crippen molar-refractivity contribution in [2.75, 3.05) is 20.3 Å². The van der Waals surface area contributed by atoms with Gasteiger partial charge in [0, 0.05) is 0 Å². The molecule has 0 bridgehead atoms. The number of esters is 1. The summed E-state index contributed by atoms with van der Waals surface area (Å²) in [5.41, 5.74) is 2.31. The van der Waals surface area contributed by atoms with Crippen LogP contribution in [0.4, 0.5) is 0 Å². The molecule has 8 heteroatoms. The van der Waals surface area contributed by atoms with Crippen molar-refractivity contribution in [2.45, 2.75) is 26.3 Å². The van der Waals surface area contributed by atoms with E-state index in [-0.39, 0.29) is 12.2 Å². The fraction of sp³-hybridized carbons (Fsp3) is 0.250. The summed E-state index contributed by atoms with van der Waals surface area (Å²) < 4.78 is 18.4. The van der Waals surface area contributed by atoms with Crippen LogP contribution in [0.5, 0.6) is 11.5 Å². The molecule has 1 atom stereocenters. The van der Waals surface area contributed by atoms with Gasteiger partial charge < -0.3 is 14.2 Å². The molecule has 0 radical (unpaired) electrons. The van der Waals surface area contributed by atoms with Gasteiger partial charge in [0.05, 0.1) is 35.6 Å². The van der Waals surface area contributed by atoms with Crippen LogP contribution in [0.2, 0.25) is 0 Å². The average Bonchev–Trinajstić information content (AvgIpc) is 3.21. The first kappa shape index (κ1) is 25.0. The molecule has 0 saturated heterocycles. The molecule has 0 unspecified atom stereocenters. The Balaban J connectivity index is 1.89. The number of ether oxygens (including phenoxy) is 3. The minimum atomic E-state index is -0.634. The van der Waals surface area contributed by atoms with Gasteiger partial charge in [0.15, 0.2) is 16.3 Å². The molecule has 0 spiro atoms. The van der Waals surface area contributed by atoms with Gasteiger partial charge in [0.2, 0.25) is 0 Å². The van der Waals surface area contributed by atoms with E-state index >= 15 is 0 Å². The van der Waals surface area contributed by atoms with Crippen LogP contribution in [-0.2, 0) is 9.53 Å². The molecule has 0 aliphatic carbocycles. The van der Waals surface area contributed by atoms with Crippen molar-refractivity contribution < 1.29 is 19.0 Å². The monoisotopic (exact) mass is 502 g/mol. The molecular formula is C28H26N2O5S. The summed E-state index contributed by atoms with van der Waals surface area (Å²) >= 11 is 1.28. The highest BCUT2D eigenvalue weighted by Gasteiger charge is 2.33. The van der Waals surface area contributed by atoms with E-state index in [2.05, 4.69) is 10.9 Å². The van der Waals surface area contributed by atoms with Crippen LogP contribution in [0.25, 0.3) is 6.08 Å². The Morgan fingerprint density at radius 2 is 1.94 bits per heavy atom. The third-order valence-electron chi connectivity index (χ3n) is 5.64. The molecule has 184 valence electrons. The summed E-state index contributed by atoms with van der Waals surface area (Å²) in [6.45, 7) is 4.38. The molecule has 0 fully saturated rings. The van der Waals surface area contributed by atoms with Crippen molar-refractivity contribution >= 4 is 23.4 Å². The van der Waals surface area contributed by atoms with Crippen LogP contribution in [-0.4, -0.2) is 30.9 Å². The molecular weight excluding hydrogens is 476 g/mol. The van der Waals surface area contributed by atoms with Gasteiger partial charge in [-0.2, -0.15) is 0 Å². The summed E-state index contributed by atoms with van der Waals surface area (Å²) in [5.74, 6) is 3.02. The number of rotatable bonds is 8. The van der Waals surface area contributed by atoms with Gasteiger partial charge in [0.1, 0.15) is 6.61 Å². The third-order valence-corrected chi connectivity index (χ3v) is 6.62. The standard InChI is InChI=1S/C28H26N2O5S/c1-5-15-35-21-14-13-18(16-22(21)34-7-3)17-23-26(31)30-25(19-11-9-8-10-12-19)24(27(32)33-4)20(6-2)29-28(30)36-23/h1,8-14,16-17,25H,6-7,15H2,2-4H3/b23-17-/t25-/m0/s1. The minimum absolute atomic E-state index is 0.125. The molecule has 2 heterocycles. The van der Waals surface area contributed by atoms with E-state index in [4.69, 9.17) is 20.6 Å². The molecule has 1 aliphatic heterocycles. The topological polar surface area (TPSA) is 79.1 Å². The summed E-state index contributed by atoms with van der Waals surface area (Å²) in [6.07, 6.45) is 7.62. The summed E-state index contributed by atoms with van der Waals surface area (Å²) in [5, 5.41) is 0. The number of thiazole rings is 1. The van der Waals surface area contributed by atoms with Crippen LogP contribution in [0.15, 0.2) is 69.6 Å². The molecule has 4 rings (SSSR count). The molecule has 1 aromatic heterocycles. The number of aromatic nitrogens is 1. The van der Waals surface area contributed by atoms with Crippen LogP contribution in [0.3, 0.4) is 0 Å². The van der Waals surface area contributed by atoms with Crippen LogP contribution in [0.1, 0.15) is 37.4 Å². The summed E-state index contributed by atoms with van der Waals surface area (Å²) in [6, 6.07) is 14.2. The van der Waals surface area contributed by atoms with E-state index < -0.39 is 12.0 Å². The fourth-order valence-corrected chi connectivity index (χ4v) is 5.11.